The number of aryl methyl sites for hydroxylation is 1. The second-order valence-electron chi connectivity index (χ2n) is 3.61. The summed E-state index contributed by atoms with van der Waals surface area (Å²) in [6, 6.07) is 7.66. The predicted octanol–water partition coefficient (Wildman–Crippen LogP) is 3.13. The summed E-state index contributed by atoms with van der Waals surface area (Å²) < 4.78 is 0. The summed E-state index contributed by atoms with van der Waals surface area (Å²) in [5.74, 6) is -1.20. The van der Waals surface area contributed by atoms with Crippen molar-refractivity contribution in [3.63, 3.8) is 0 Å². The molecule has 2 heteroatoms. The summed E-state index contributed by atoms with van der Waals surface area (Å²) >= 11 is 0. The molecular weight excluding hydrogens is 188 g/mol. The highest BCUT2D eigenvalue weighted by Gasteiger charge is 2.17. The fourth-order valence-corrected chi connectivity index (χ4v) is 1.45. The molecule has 0 aliphatic heterocycles. The lowest BCUT2D eigenvalue weighted by atomic mass is 9.95. The molecule has 0 aliphatic rings. The largest absolute Gasteiger partial charge is 0.481 e. The monoisotopic (exact) mass is 204 g/mol. The second kappa shape index (κ2) is 5.35. The van der Waals surface area contributed by atoms with Crippen LogP contribution in [0.3, 0.4) is 0 Å². The third-order valence-electron chi connectivity index (χ3n) is 2.39. The number of carboxylic acid groups (broad SMARTS) is 1. The van der Waals surface area contributed by atoms with Crippen LogP contribution in [0.25, 0.3) is 0 Å². The Hall–Kier alpha value is -1.57. The van der Waals surface area contributed by atoms with Gasteiger partial charge in [0.2, 0.25) is 0 Å². The number of hydrogen-bond acceptors (Lipinski definition) is 1. The minimum atomic E-state index is -0.767. The molecule has 0 saturated carbocycles. The Labute approximate surface area is 90.3 Å². The van der Waals surface area contributed by atoms with Crippen molar-refractivity contribution in [2.24, 2.45) is 0 Å². The van der Waals surface area contributed by atoms with Gasteiger partial charge in [0.25, 0.3) is 0 Å². The van der Waals surface area contributed by atoms with E-state index in [4.69, 9.17) is 5.11 Å². The van der Waals surface area contributed by atoms with Gasteiger partial charge in [0.15, 0.2) is 0 Å². The molecule has 0 aromatic heterocycles. The first-order valence-corrected chi connectivity index (χ1v) is 5.05. The second-order valence-corrected chi connectivity index (χ2v) is 3.61. The van der Waals surface area contributed by atoms with Gasteiger partial charge in [0.05, 0.1) is 5.92 Å². The number of hydrogen-bond donors (Lipinski definition) is 1. The Bertz CT molecular complexity index is 349. The van der Waals surface area contributed by atoms with Crippen molar-refractivity contribution in [3.05, 3.63) is 47.5 Å². The molecule has 80 valence electrons. The van der Waals surface area contributed by atoms with Crippen LogP contribution in [-0.4, -0.2) is 11.1 Å². The van der Waals surface area contributed by atoms with Crippen LogP contribution in [0.2, 0.25) is 0 Å². The molecular formula is C13H16O2. The lowest BCUT2D eigenvalue weighted by Gasteiger charge is -2.10. The first-order valence-electron chi connectivity index (χ1n) is 5.05. The molecule has 1 rings (SSSR count). The zero-order valence-electron chi connectivity index (χ0n) is 9.10. The average molecular weight is 204 g/mol. The molecule has 0 aliphatic carbocycles. The number of aliphatic carboxylic acids is 1. The number of allylic oxidation sites excluding steroid dienone is 2. The van der Waals surface area contributed by atoms with Crippen molar-refractivity contribution in [1.82, 2.24) is 0 Å². The van der Waals surface area contributed by atoms with Crippen LogP contribution >= 0.6 is 0 Å². The molecule has 0 fully saturated rings. The molecule has 1 atom stereocenters. The minimum absolute atomic E-state index is 0.429. The SMILES string of the molecule is CC=CCC(C(=O)O)c1ccc(C)cc1. The summed E-state index contributed by atoms with van der Waals surface area (Å²) in [7, 11) is 0. The van der Waals surface area contributed by atoms with Crippen molar-refractivity contribution in [3.8, 4) is 0 Å². The molecule has 1 aromatic carbocycles. The molecule has 0 heterocycles. The van der Waals surface area contributed by atoms with Crippen LogP contribution < -0.4 is 0 Å². The molecule has 1 unspecified atom stereocenters. The molecule has 1 N–H and O–H groups in total. The standard InChI is InChI=1S/C13H16O2/c1-3-4-5-12(13(14)15)11-8-6-10(2)7-9-11/h3-4,6-9,12H,5H2,1-2H3,(H,14,15). The summed E-state index contributed by atoms with van der Waals surface area (Å²) in [6.45, 7) is 3.89. The summed E-state index contributed by atoms with van der Waals surface area (Å²) in [5, 5.41) is 9.09. The smallest absolute Gasteiger partial charge is 0.311 e. The minimum Gasteiger partial charge on any atom is -0.481 e. The van der Waals surface area contributed by atoms with Crippen molar-refractivity contribution in [1.29, 1.82) is 0 Å². The molecule has 0 spiro atoms. The maximum atomic E-state index is 11.1. The van der Waals surface area contributed by atoms with Crippen LogP contribution in [0.5, 0.6) is 0 Å². The molecule has 15 heavy (non-hydrogen) atoms. The van der Waals surface area contributed by atoms with Gasteiger partial charge >= 0.3 is 5.97 Å². The van der Waals surface area contributed by atoms with E-state index in [0.29, 0.717) is 6.42 Å². The first kappa shape index (κ1) is 11.5. The molecule has 0 saturated heterocycles. The Morgan fingerprint density at radius 1 is 1.40 bits per heavy atom. The summed E-state index contributed by atoms with van der Waals surface area (Å²) in [5.41, 5.74) is 2.01. The zero-order valence-corrected chi connectivity index (χ0v) is 9.10. The van der Waals surface area contributed by atoms with Gasteiger partial charge < -0.3 is 5.11 Å². The quantitative estimate of drug-likeness (QED) is 0.765. The highest BCUT2D eigenvalue weighted by atomic mass is 16.4. The first-order chi connectivity index (χ1) is 7.15. The van der Waals surface area contributed by atoms with Crippen LogP contribution in [0.15, 0.2) is 36.4 Å². The van der Waals surface area contributed by atoms with E-state index in [1.807, 2.05) is 50.3 Å². The van der Waals surface area contributed by atoms with Gasteiger partial charge in [-0.3, -0.25) is 4.79 Å². The molecule has 1 aromatic rings. The van der Waals surface area contributed by atoms with Gasteiger partial charge in [0, 0.05) is 0 Å². The van der Waals surface area contributed by atoms with E-state index in [2.05, 4.69) is 0 Å². The number of carbonyl (C=O) groups is 1. The third kappa shape index (κ3) is 3.24. The molecule has 0 radical (unpaired) electrons. The van der Waals surface area contributed by atoms with Crippen molar-refractivity contribution in [2.45, 2.75) is 26.2 Å². The van der Waals surface area contributed by atoms with Crippen LogP contribution in [0, 0.1) is 6.92 Å². The molecule has 0 bridgehead atoms. The van der Waals surface area contributed by atoms with Crippen molar-refractivity contribution >= 4 is 5.97 Å². The Kier molecular flexibility index (Phi) is 4.10. The van der Waals surface area contributed by atoms with E-state index in [9.17, 15) is 4.79 Å². The molecule has 0 amide bonds. The van der Waals surface area contributed by atoms with Gasteiger partial charge in [-0.2, -0.15) is 0 Å². The van der Waals surface area contributed by atoms with Crippen molar-refractivity contribution in [2.75, 3.05) is 0 Å². The van der Waals surface area contributed by atoms with Gasteiger partial charge in [-0.15, -0.1) is 0 Å². The van der Waals surface area contributed by atoms with E-state index >= 15 is 0 Å². The van der Waals surface area contributed by atoms with E-state index in [1.54, 1.807) is 0 Å². The van der Waals surface area contributed by atoms with E-state index < -0.39 is 11.9 Å². The Morgan fingerprint density at radius 3 is 2.47 bits per heavy atom. The number of rotatable bonds is 4. The van der Waals surface area contributed by atoms with Crippen molar-refractivity contribution < 1.29 is 9.90 Å². The number of benzene rings is 1. The Morgan fingerprint density at radius 2 is 2.00 bits per heavy atom. The maximum Gasteiger partial charge on any atom is 0.311 e. The van der Waals surface area contributed by atoms with Crippen LogP contribution in [-0.2, 0) is 4.79 Å². The third-order valence-corrected chi connectivity index (χ3v) is 2.39. The van der Waals surface area contributed by atoms with E-state index in [0.717, 1.165) is 11.1 Å². The van der Waals surface area contributed by atoms with Gasteiger partial charge in [0.1, 0.15) is 0 Å². The van der Waals surface area contributed by atoms with Gasteiger partial charge in [-0.25, -0.2) is 0 Å². The van der Waals surface area contributed by atoms with Crippen LogP contribution in [0.1, 0.15) is 30.4 Å². The van der Waals surface area contributed by atoms with Crippen LogP contribution in [0.4, 0.5) is 0 Å². The summed E-state index contributed by atoms with van der Waals surface area (Å²) in [6.07, 6.45) is 4.32. The lowest BCUT2D eigenvalue weighted by molar-refractivity contribution is -0.138. The maximum absolute atomic E-state index is 11.1. The summed E-state index contributed by atoms with van der Waals surface area (Å²) in [4.78, 5) is 11.1. The normalized spacial score (nSPS) is 12.9. The average Bonchev–Trinajstić information content (AvgIpc) is 2.21. The lowest BCUT2D eigenvalue weighted by Crippen LogP contribution is -2.10. The van der Waals surface area contributed by atoms with E-state index in [-0.39, 0.29) is 0 Å². The predicted molar refractivity (Wildman–Crippen MR) is 61.0 cm³/mol. The molecule has 2 nitrogen and oxygen atoms in total. The Balaban J connectivity index is 2.88. The highest BCUT2D eigenvalue weighted by molar-refractivity contribution is 5.76. The fraction of sp³-hybridized carbons (Fsp3) is 0.308. The fourth-order valence-electron chi connectivity index (χ4n) is 1.45. The van der Waals surface area contributed by atoms with E-state index in [1.165, 1.54) is 0 Å². The zero-order chi connectivity index (χ0) is 11.3. The van der Waals surface area contributed by atoms with Gasteiger partial charge in [-0.05, 0) is 25.8 Å². The number of carboxylic acids is 1. The van der Waals surface area contributed by atoms with Gasteiger partial charge in [-0.1, -0.05) is 42.0 Å². The highest BCUT2D eigenvalue weighted by Crippen LogP contribution is 2.20. The topological polar surface area (TPSA) is 37.3 Å².